The quantitative estimate of drug-likeness (QED) is 0.817. The summed E-state index contributed by atoms with van der Waals surface area (Å²) < 4.78 is 1.08. The van der Waals surface area contributed by atoms with Crippen LogP contribution in [0.25, 0.3) is 0 Å². The molecule has 1 aliphatic rings. The minimum atomic E-state index is 0.280. The molecule has 1 atom stereocenters. The number of aromatic nitrogens is 2. The van der Waals surface area contributed by atoms with E-state index in [9.17, 15) is 0 Å². The van der Waals surface area contributed by atoms with E-state index < -0.39 is 0 Å². The Hall–Kier alpha value is -0.470. The van der Waals surface area contributed by atoms with Crippen molar-refractivity contribution in [1.82, 2.24) is 19.8 Å². The van der Waals surface area contributed by atoms with E-state index >= 15 is 0 Å². The molecule has 6 heteroatoms. The molecule has 1 saturated heterocycles. The molecule has 2 heterocycles. The van der Waals surface area contributed by atoms with Crippen molar-refractivity contribution in [3.8, 4) is 0 Å². The maximum atomic E-state index is 4.71. The first kappa shape index (κ1) is 14.9. The number of likely N-dealkylation sites (N-methyl/N-ethyl adjacent to an activating group) is 2. The molecular weight excluding hydrogens is 353 g/mol. The lowest BCUT2D eigenvalue weighted by atomic mass is 10.2. The Morgan fingerprint density at radius 3 is 2.95 bits per heavy atom. The maximum Gasteiger partial charge on any atom is 0.149 e. The molecule has 0 saturated carbocycles. The van der Waals surface area contributed by atoms with Crippen LogP contribution in [0, 0.1) is 3.57 Å². The van der Waals surface area contributed by atoms with E-state index in [1.165, 1.54) is 6.42 Å². The highest BCUT2D eigenvalue weighted by Gasteiger charge is 2.24. The summed E-state index contributed by atoms with van der Waals surface area (Å²) in [5, 5.41) is 3.31. The van der Waals surface area contributed by atoms with Crippen molar-refractivity contribution in [2.75, 3.05) is 45.6 Å². The number of hydrogen-bond acceptors (Lipinski definition) is 5. The molecule has 2 rings (SSSR count). The summed E-state index contributed by atoms with van der Waals surface area (Å²) in [6, 6.07) is 0.280. The van der Waals surface area contributed by atoms with Crippen molar-refractivity contribution in [1.29, 1.82) is 0 Å². The number of nitrogens with zero attached hydrogens (tertiary/aromatic N) is 4. The van der Waals surface area contributed by atoms with Gasteiger partial charge in [-0.2, -0.15) is 0 Å². The molecule has 0 bridgehead atoms. The predicted molar refractivity (Wildman–Crippen MR) is 86.4 cm³/mol. The van der Waals surface area contributed by atoms with Crippen molar-refractivity contribution in [3.63, 3.8) is 0 Å². The van der Waals surface area contributed by atoms with Crippen molar-refractivity contribution in [2.24, 2.45) is 0 Å². The van der Waals surface area contributed by atoms with Gasteiger partial charge in [0.25, 0.3) is 0 Å². The number of hydrogen-bond donors (Lipinski definition) is 1. The monoisotopic (exact) mass is 375 g/mol. The van der Waals surface area contributed by atoms with Crippen molar-refractivity contribution in [2.45, 2.75) is 19.4 Å². The second-order valence-corrected chi connectivity index (χ2v) is 6.23. The first-order valence-electron chi connectivity index (χ1n) is 6.77. The number of nitrogens with one attached hydrogen (secondary N) is 1. The first-order valence-corrected chi connectivity index (χ1v) is 7.84. The van der Waals surface area contributed by atoms with Gasteiger partial charge in [0.1, 0.15) is 11.6 Å². The Labute approximate surface area is 128 Å². The molecule has 0 aliphatic carbocycles. The van der Waals surface area contributed by atoms with E-state index in [2.05, 4.69) is 63.7 Å². The zero-order valence-corrected chi connectivity index (χ0v) is 14.0. The lowest BCUT2D eigenvalue weighted by Crippen LogP contribution is -2.32. The standard InChI is InChI=1S/C13H22IN5/c1-4-15-12-10(14)8-16-13(17-12)11-9-18(2)6-5-7-19(11)3/h8,11H,4-7,9H2,1-3H3,(H,15,16,17). The average Bonchev–Trinajstić information content (AvgIpc) is 2.54. The Morgan fingerprint density at radius 1 is 1.42 bits per heavy atom. The van der Waals surface area contributed by atoms with Crippen LogP contribution in [0.4, 0.5) is 5.82 Å². The molecule has 1 fully saturated rings. The fraction of sp³-hybridized carbons (Fsp3) is 0.692. The number of anilines is 1. The van der Waals surface area contributed by atoms with Gasteiger partial charge < -0.3 is 10.2 Å². The summed E-state index contributed by atoms with van der Waals surface area (Å²) in [5.74, 6) is 1.88. The van der Waals surface area contributed by atoms with Gasteiger partial charge in [0.2, 0.25) is 0 Å². The lowest BCUT2D eigenvalue weighted by molar-refractivity contribution is 0.219. The summed E-state index contributed by atoms with van der Waals surface area (Å²) in [5.41, 5.74) is 0. The minimum Gasteiger partial charge on any atom is -0.369 e. The molecule has 1 N–H and O–H groups in total. The average molecular weight is 375 g/mol. The molecule has 0 amide bonds. The van der Waals surface area contributed by atoms with Gasteiger partial charge in [-0.1, -0.05) is 0 Å². The fourth-order valence-electron chi connectivity index (χ4n) is 2.38. The summed E-state index contributed by atoms with van der Waals surface area (Å²) in [4.78, 5) is 14.0. The van der Waals surface area contributed by atoms with E-state index in [0.29, 0.717) is 0 Å². The molecule has 1 aliphatic heterocycles. The molecule has 19 heavy (non-hydrogen) atoms. The van der Waals surface area contributed by atoms with Gasteiger partial charge in [-0.05, 0) is 63.1 Å². The largest absolute Gasteiger partial charge is 0.369 e. The predicted octanol–water partition coefficient (Wildman–Crippen LogP) is 1.82. The molecule has 106 valence electrons. The van der Waals surface area contributed by atoms with Crippen LogP contribution in [-0.4, -0.2) is 60.0 Å². The Kier molecular flexibility index (Phi) is 5.35. The van der Waals surface area contributed by atoms with Crippen molar-refractivity contribution in [3.05, 3.63) is 15.6 Å². The second kappa shape index (κ2) is 6.81. The number of rotatable bonds is 3. The smallest absolute Gasteiger partial charge is 0.149 e. The van der Waals surface area contributed by atoms with E-state index in [0.717, 1.165) is 41.4 Å². The Bertz CT molecular complexity index is 425. The van der Waals surface area contributed by atoms with E-state index in [1.54, 1.807) is 0 Å². The summed E-state index contributed by atoms with van der Waals surface area (Å²) in [6.07, 6.45) is 3.12. The lowest BCUT2D eigenvalue weighted by Gasteiger charge is -2.26. The summed E-state index contributed by atoms with van der Waals surface area (Å²) in [7, 11) is 4.34. The molecule has 0 aromatic carbocycles. The highest BCUT2D eigenvalue weighted by molar-refractivity contribution is 14.1. The first-order chi connectivity index (χ1) is 9.11. The zero-order chi connectivity index (χ0) is 13.8. The molecular formula is C13H22IN5. The fourth-order valence-corrected chi connectivity index (χ4v) is 2.83. The highest BCUT2D eigenvalue weighted by Crippen LogP contribution is 2.23. The van der Waals surface area contributed by atoms with Gasteiger partial charge in [-0.15, -0.1) is 0 Å². The maximum absolute atomic E-state index is 4.71. The Balaban J connectivity index is 2.25. The number of halogens is 1. The van der Waals surface area contributed by atoms with Crippen molar-refractivity contribution < 1.29 is 0 Å². The van der Waals surface area contributed by atoms with Crippen LogP contribution in [0.5, 0.6) is 0 Å². The molecule has 1 aromatic rings. The third kappa shape index (κ3) is 3.76. The van der Waals surface area contributed by atoms with Gasteiger partial charge in [0, 0.05) is 19.3 Å². The third-order valence-electron chi connectivity index (χ3n) is 3.47. The highest BCUT2D eigenvalue weighted by atomic mass is 127. The van der Waals surface area contributed by atoms with Crippen LogP contribution < -0.4 is 5.32 Å². The van der Waals surface area contributed by atoms with Gasteiger partial charge in [-0.25, -0.2) is 9.97 Å². The molecule has 1 aromatic heterocycles. The molecule has 0 spiro atoms. The normalized spacial score (nSPS) is 22.2. The van der Waals surface area contributed by atoms with Crippen LogP contribution in [-0.2, 0) is 0 Å². The molecule has 1 unspecified atom stereocenters. The van der Waals surface area contributed by atoms with Gasteiger partial charge in [0.05, 0.1) is 9.61 Å². The SMILES string of the molecule is CCNc1nc(C2CN(C)CCCN2C)ncc1I. The van der Waals surface area contributed by atoms with Gasteiger partial charge in [-0.3, -0.25) is 4.90 Å². The third-order valence-corrected chi connectivity index (χ3v) is 4.26. The van der Waals surface area contributed by atoms with Crippen LogP contribution in [0.3, 0.4) is 0 Å². The van der Waals surface area contributed by atoms with E-state index in [-0.39, 0.29) is 6.04 Å². The molecule has 0 radical (unpaired) electrons. The van der Waals surface area contributed by atoms with Gasteiger partial charge >= 0.3 is 0 Å². The van der Waals surface area contributed by atoms with Crippen LogP contribution in [0.1, 0.15) is 25.2 Å². The molecule has 5 nitrogen and oxygen atoms in total. The zero-order valence-electron chi connectivity index (χ0n) is 11.9. The second-order valence-electron chi connectivity index (χ2n) is 5.07. The minimum absolute atomic E-state index is 0.280. The van der Waals surface area contributed by atoms with Gasteiger partial charge in [0.15, 0.2) is 0 Å². The van der Waals surface area contributed by atoms with Crippen molar-refractivity contribution >= 4 is 28.4 Å². The van der Waals surface area contributed by atoms with E-state index in [1.807, 2.05) is 6.20 Å². The summed E-state index contributed by atoms with van der Waals surface area (Å²) in [6.45, 7) is 6.20. The van der Waals surface area contributed by atoms with Crippen LogP contribution >= 0.6 is 22.6 Å². The summed E-state index contributed by atoms with van der Waals surface area (Å²) >= 11 is 2.28. The van der Waals surface area contributed by atoms with Crippen LogP contribution in [0.15, 0.2) is 6.20 Å². The topological polar surface area (TPSA) is 44.3 Å². The van der Waals surface area contributed by atoms with Crippen LogP contribution in [0.2, 0.25) is 0 Å². The van der Waals surface area contributed by atoms with E-state index in [4.69, 9.17) is 4.98 Å². The Morgan fingerprint density at radius 2 is 2.21 bits per heavy atom.